The van der Waals surface area contributed by atoms with Crippen molar-refractivity contribution in [2.45, 2.75) is 6.92 Å². The van der Waals surface area contributed by atoms with Crippen molar-refractivity contribution < 1.29 is 8.78 Å². The minimum Gasteiger partial charge on any atom is -0.267 e. The van der Waals surface area contributed by atoms with E-state index in [-0.39, 0.29) is 16.1 Å². The largest absolute Gasteiger partial charge is 0.267 e. The van der Waals surface area contributed by atoms with Crippen LogP contribution in [0.3, 0.4) is 0 Å². The summed E-state index contributed by atoms with van der Waals surface area (Å²) >= 11 is 11.0. The molecule has 102 valence electrons. The SMILES string of the molecule is Cc1cc(-n2c(=S)cc(F)n3ccnc23)c(F)cc1Cl. The molecule has 0 spiro atoms. The minimum absolute atomic E-state index is 0.127. The maximum Gasteiger partial charge on any atom is 0.221 e. The molecule has 0 saturated heterocycles. The van der Waals surface area contributed by atoms with Crippen LogP contribution in [-0.2, 0) is 0 Å². The van der Waals surface area contributed by atoms with Gasteiger partial charge in [-0.3, -0.25) is 8.97 Å². The van der Waals surface area contributed by atoms with Crippen molar-refractivity contribution in [3.8, 4) is 5.69 Å². The lowest BCUT2D eigenvalue weighted by Gasteiger charge is -2.12. The van der Waals surface area contributed by atoms with Gasteiger partial charge in [-0.25, -0.2) is 9.37 Å². The number of aryl methyl sites for hydroxylation is 1. The summed E-state index contributed by atoms with van der Waals surface area (Å²) in [5, 5.41) is 0.319. The Morgan fingerprint density at radius 1 is 1.25 bits per heavy atom. The van der Waals surface area contributed by atoms with Gasteiger partial charge in [-0.05, 0) is 24.6 Å². The van der Waals surface area contributed by atoms with Gasteiger partial charge in [-0.2, -0.15) is 4.39 Å². The molecule has 0 aliphatic heterocycles. The van der Waals surface area contributed by atoms with Crippen LogP contribution in [0.1, 0.15) is 5.56 Å². The van der Waals surface area contributed by atoms with Gasteiger partial charge in [-0.15, -0.1) is 0 Å². The summed E-state index contributed by atoms with van der Waals surface area (Å²) in [5.74, 6) is -0.895. The number of hydrogen-bond acceptors (Lipinski definition) is 2. The molecular formula is C13H8ClF2N3S. The predicted molar refractivity (Wildman–Crippen MR) is 75.0 cm³/mol. The normalized spacial score (nSPS) is 11.2. The van der Waals surface area contributed by atoms with Gasteiger partial charge in [0.1, 0.15) is 10.5 Å². The molecule has 0 saturated carbocycles. The second-order valence-corrected chi connectivity index (χ2v) is 5.12. The molecule has 3 rings (SSSR count). The number of nitrogens with zero attached hydrogens (tertiary/aromatic N) is 3. The number of benzene rings is 1. The van der Waals surface area contributed by atoms with Gasteiger partial charge < -0.3 is 0 Å². The smallest absolute Gasteiger partial charge is 0.221 e. The Morgan fingerprint density at radius 3 is 2.75 bits per heavy atom. The summed E-state index contributed by atoms with van der Waals surface area (Å²) in [6, 6.07) is 3.91. The predicted octanol–water partition coefficient (Wildman–Crippen LogP) is 4.09. The van der Waals surface area contributed by atoms with E-state index in [0.717, 1.165) is 6.07 Å². The van der Waals surface area contributed by atoms with E-state index < -0.39 is 11.8 Å². The zero-order chi connectivity index (χ0) is 14.4. The molecule has 3 aromatic rings. The van der Waals surface area contributed by atoms with Crippen LogP contribution in [0.5, 0.6) is 0 Å². The zero-order valence-electron chi connectivity index (χ0n) is 10.3. The highest BCUT2D eigenvalue weighted by Gasteiger charge is 2.14. The molecule has 0 bridgehead atoms. The van der Waals surface area contributed by atoms with Crippen molar-refractivity contribution in [3.05, 3.63) is 57.6 Å². The Hall–Kier alpha value is -1.79. The third-order valence-electron chi connectivity index (χ3n) is 2.98. The molecular weight excluding hydrogens is 304 g/mol. The molecule has 0 unspecified atom stereocenters. The first-order valence-electron chi connectivity index (χ1n) is 5.69. The maximum absolute atomic E-state index is 14.1. The number of halogens is 3. The van der Waals surface area contributed by atoms with Crippen molar-refractivity contribution in [2.24, 2.45) is 0 Å². The second kappa shape index (κ2) is 4.64. The van der Waals surface area contributed by atoms with Crippen LogP contribution >= 0.6 is 23.8 Å². The summed E-state index contributed by atoms with van der Waals surface area (Å²) in [6.07, 6.45) is 2.86. The van der Waals surface area contributed by atoms with E-state index in [1.807, 2.05) is 0 Å². The Balaban J connectivity index is 2.44. The Bertz CT molecular complexity index is 885. The van der Waals surface area contributed by atoms with Crippen LogP contribution in [0, 0.1) is 23.3 Å². The van der Waals surface area contributed by atoms with Gasteiger partial charge in [0.15, 0.2) is 0 Å². The first-order chi connectivity index (χ1) is 9.49. The van der Waals surface area contributed by atoms with E-state index in [4.69, 9.17) is 23.8 Å². The number of rotatable bonds is 1. The summed E-state index contributed by atoms with van der Waals surface area (Å²) < 4.78 is 30.6. The number of hydrogen-bond donors (Lipinski definition) is 0. The van der Waals surface area contributed by atoms with E-state index in [1.165, 1.54) is 27.4 Å². The van der Waals surface area contributed by atoms with Crippen LogP contribution in [-0.4, -0.2) is 14.0 Å². The summed E-state index contributed by atoms with van der Waals surface area (Å²) in [5.41, 5.74) is 0.882. The van der Waals surface area contributed by atoms with Crippen molar-refractivity contribution in [1.29, 1.82) is 0 Å². The van der Waals surface area contributed by atoms with Gasteiger partial charge in [0.05, 0.1) is 5.69 Å². The van der Waals surface area contributed by atoms with E-state index in [0.29, 0.717) is 10.6 Å². The molecule has 2 heterocycles. The highest BCUT2D eigenvalue weighted by molar-refractivity contribution is 7.71. The van der Waals surface area contributed by atoms with Gasteiger partial charge in [0.25, 0.3) is 0 Å². The fourth-order valence-electron chi connectivity index (χ4n) is 2.00. The molecule has 7 heteroatoms. The molecule has 3 nitrogen and oxygen atoms in total. The van der Waals surface area contributed by atoms with Gasteiger partial charge in [0, 0.05) is 23.5 Å². The van der Waals surface area contributed by atoms with Crippen LogP contribution in [0.15, 0.2) is 30.6 Å². The van der Waals surface area contributed by atoms with Crippen molar-refractivity contribution in [2.75, 3.05) is 0 Å². The third-order valence-corrected chi connectivity index (χ3v) is 3.69. The van der Waals surface area contributed by atoms with E-state index in [9.17, 15) is 8.78 Å². The average molecular weight is 312 g/mol. The average Bonchev–Trinajstić information content (AvgIpc) is 2.84. The highest BCUT2D eigenvalue weighted by Crippen LogP contribution is 2.24. The van der Waals surface area contributed by atoms with Gasteiger partial charge in [0.2, 0.25) is 11.7 Å². The van der Waals surface area contributed by atoms with E-state index in [1.54, 1.807) is 13.0 Å². The molecule has 0 fully saturated rings. The van der Waals surface area contributed by atoms with Gasteiger partial charge >= 0.3 is 0 Å². The van der Waals surface area contributed by atoms with Gasteiger partial charge in [-0.1, -0.05) is 23.8 Å². The fourth-order valence-corrected chi connectivity index (χ4v) is 2.43. The fraction of sp³-hybridized carbons (Fsp3) is 0.0769. The summed E-state index contributed by atoms with van der Waals surface area (Å²) in [4.78, 5) is 4.03. The lowest BCUT2D eigenvalue weighted by molar-refractivity contribution is 0.557. The standard InChI is InChI=1S/C13H8ClF2N3S/c1-7-4-10(9(15)5-8(7)14)19-12(20)6-11(16)18-3-2-17-13(18)19/h2-6H,1H3. The molecule has 0 amide bonds. The van der Waals surface area contributed by atoms with Crippen LogP contribution in [0.4, 0.5) is 8.78 Å². The second-order valence-electron chi connectivity index (χ2n) is 4.29. The molecule has 0 aliphatic rings. The van der Waals surface area contributed by atoms with Crippen molar-refractivity contribution in [1.82, 2.24) is 14.0 Å². The Morgan fingerprint density at radius 2 is 2.00 bits per heavy atom. The van der Waals surface area contributed by atoms with Crippen LogP contribution in [0.2, 0.25) is 5.02 Å². The first kappa shape index (κ1) is 13.2. The molecule has 0 aliphatic carbocycles. The van der Waals surface area contributed by atoms with Crippen molar-refractivity contribution in [3.63, 3.8) is 0 Å². The van der Waals surface area contributed by atoms with Crippen LogP contribution in [0.25, 0.3) is 11.5 Å². The Kier molecular flexibility index (Phi) is 3.07. The highest BCUT2D eigenvalue weighted by atomic mass is 35.5. The number of aromatic nitrogens is 3. The molecule has 1 aromatic carbocycles. The number of imidazole rings is 1. The molecule has 0 atom stereocenters. The topological polar surface area (TPSA) is 22.2 Å². The summed E-state index contributed by atoms with van der Waals surface area (Å²) in [6.45, 7) is 1.75. The first-order valence-corrected chi connectivity index (χ1v) is 6.48. The lowest BCUT2D eigenvalue weighted by Crippen LogP contribution is -2.08. The molecule has 2 aromatic heterocycles. The van der Waals surface area contributed by atoms with E-state index in [2.05, 4.69) is 4.98 Å². The molecule has 20 heavy (non-hydrogen) atoms. The zero-order valence-corrected chi connectivity index (χ0v) is 11.8. The summed E-state index contributed by atoms with van der Waals surface area (Å²) in [7, 11) is 0. The van der Waals surface area contributed by atoms with E-state index >= 15 is 0 Å². The molecule has 0 radical (unpaired) electrons. The Labute approximate surface area is 123 Å². The third kappa shape index (κ3) is 1.92. The monoisotopic (exact) mass is 311 g/mol. The van der Waals surface area contributed by atoms with Crippen LogP contribution < -0.4 is 0 Å². The number of fused-ring (bicyclic) bond motifs is 1. The minimum atomic E-state index is -0.551. The quantitative estimate of drug-likeness (QED) is 0.499. The maximum atomic E-state index is 14.1. The molecule has 0 N–H and O–H groups in total. The lowest BCUT2D eigenvalue weighted by atomic mass is 10.2. The van der Waals surface area contributed by atoms with Crippen molar-refractivity contribution >= 4 is 29.6 Å².